The Bertz CT molecular complexity index is 1500. The summed E-state index contributed by atoms with van der Waals surface area (Å²) in [5.41, 5.74) is 1.62. The highest BCUT2D eigenvalue weighted by Gasteiger charge is 2.23. The van der Waals surface area contributed by atoms with Gasteiger partial charge in [-0.25, -0.2) is 13.4 Å². The van der Waals surface area contributed by atoms with Crippen molar-refractivity contribution < 1.29 is 28.5 Å². The van der Waals surface area contributed by atoms with Gasteiger partial charge in [0.05, 0.1) is 10.5 Å². The smallest absolute Gasteiger partial charge is 0.259 e. The summed E-state index contributed by atoms with van der Waals surface area (Å²) in [6, 6.07) is 19.2. The molecule has 1 aromatic heterocycles. The fourth-order valence-corrected chi connectivity index (χ4v) is 4.86. The van der Waals surface area contributed by atoms with Gasteiger partial charge in [0.2, 0.25) is 15.6 Å². The number of hydrogen-bond donors (Lipinski definition) is 4. The van der Waals surface area contributed by atoms with Gasteiger partial charge in [-0.1, -0.05) is 36.4 Å². The largest absolute Gasteiger partial charge is 0.504 e. The predicted octanol–water partition coefficient (Wildman–Crippen LogP) is 4.18. The van der Waals surface area contributed by atoms with Crippen LogP contribution in [-0.2, 0) is 16.3 Å². The van der Waals surface area contributed by atoms with Gasteiger partial charge in [-0.05, 0) is 54.4 Å². The van der Waals surface area contributed by atoms with Crippen molar-refractivity contribution in [3.05, 3.63) is 101 Å². The molecule has 0 aliphatic carbocycles. The molecule has 0 fully saturated rings. The summed E-state index contributed by atoms with van der Waals surface area (Å²) < 4.78 is 25.6. The van der Waals surface area contributed by atoms with E-state index in [-0.39, 0.29) is 27.5 Å². The first-order chi connectivity index (χ1) is 16.7. The van der Waals surface area contributed by atoms with E-state index in [0.29, 0.717) is 11.3 Å². The summed E-state index contributed by atoms with van der Waals surface area (Å²) in [5, 5.41) is 33.3. The summed E-state index contributed by atoms with van der Waals surface area (Å²) in [6.07, 6.45) is 1.61. The Labute approximate surface area is 202 Å². The van der Waals surface area contributed by atoms with E-state index in [2.05, 4.69) is 10.3 Å². The molecule has 0 unspecified atom stereocenters. The molecule has 4 rings (SSSR count). The second-order valence-corrected chi connectivity index (χ2v) is 9.79. The van der Waals surface area contributed by atoms with Gasteiger partial charge in [-0.15, -0.1) is 0 Å². The van der Waals surface area contributed by atoms with Crippen LogP contribution in [-0.4, -0.2) is 34.6 Å². The highest BCUT2D eigenvalue weighted by Crippen LogP contribution is 2.41. The van der Waals surface area contributed by atoms with Crippen molar-refractivity contribution in [3.8, 4) is 17.2 Å². The number of amides is 1. The monoisotopic (exact) mass is 490 g/mol. The molecule has 0 aliphatic heterocycles. The zero-order valence-corrected chi connectivity index (χ0v) is 19.5. The average molecular weight is 491 g/mol. The number of phenols is 3. The molecule has 9 heteroatoms. The van der Waals surface area contributed by atoms with Crippen LogP contribution in [0.25, 0.3) is 0 Å². The number of benzene rings is 3. The molecule has 0 saturated heterocycles. The van der Waals surface area contributed by atoms with Gasteiger partial charge in [0.25, 0.3) is 5.91 Å². The number of carbonyl (C=O) groups excluding carboxylic acids is 1. The highest BCUT2D eigenvalue weighted by atomic mass is 32.2. The molecule has 0 atom stereocenters. The maximum absolute atomic E-state index is 13.0. The molecule has 4 N–H and O–H groups in total. The normalized spacial score (nSPS) is 11.2. The van der Waals surface area contributed by atoms with Crippen molar-refractivity contribution in [2.75, 3.05) is 5.32 Å². The number of nitrogens with one attached hydrogen (secondary N) is 1. The van der Waals surface area contributed by atoms with Crippen molar-refractivity contribution in [2.24, 2.45) is 0 Å². The van der Waals surface area contributed by atoms with E-state index in [4.69, 9.17) is 0 Å². The van der Waals surface area contributed by atoms with Gasteiger partial charge in [0, 0.05) is 23.9 Å². The number of nitrogens with zero attached hydrogens (tertiary/aromatic N) is 1. The summed E-state index contributed by atoms with van der Waals surface area (Å²) >= 11 is 0. The van der Waals surface area contributed by atoms with Crippen molar-refractivity contribution in [1.29, 1.82) is 0 Å². The lowest BCUT2D eigenvalue weighted by Crippen LogP contribution is -2.14. The Balaban J connectivity index is 1.62. The van der Waals surface area contributed by atoms with Crippen LogP contribution in [0.2, 0.25) is 0 Å². The van der Waals surface area contributed by atoms with Gasteiger partial charge >= 0.3 is 0 Å². The molecule has 0 saturated carbocycles. The molecule has 4 aromatic rings. The lowest BCUT2D eigenvalue weighted by atomic mass is 9.99. The summed E-state index contributed by atoms with van der Waals surface area (Å²) in [6.45, 7) is 1.63. The molecule has 0 spiro atoms. The van der Waals surface area contributed by atoms with E-state index in [1.54, 1.807) is 19.1 Å². The zero-order chi connectivity index (χ0) is 25.2. The number of aromatic nitrogens is 1. The van der Waals surface area contributed by atoms with Crippen LogP contribution < -0.4 is 5.32 Å². The molecule has 1 heterocycles. The topological polar surface area (TPSA) is 137 Å². The molecule has 178 valence electrons. The Morgan fingerprint density at radius 3 is 2.26 bits per heavy atom. The first-order valence-corrected chi connectivity index (χ1v) is 12.1. The van der Waals surface area contributed by atoms with E-state index in [9.17, 15) is 28.5 Å². The molecule has 0 radical (unpaired) electrons. The van der Waals surface area contributed by atoms with Crippen molar-refractivity contribution in [3.63, 3.8) is 0 Å². The highest BCUT2D eigenvalue weighted by molar-refractivity contribution is 7.91. The first-order valence-electron chi connectivity index (χ1n) is 10.6. The number of hydrogen-bond acceptors (Lipinski definition) is 7. The number of anilines is 1. The van der Waals surface area contributed by atoms with Crippen molar-refractivity contribution in [1.82, 2.24) is 4.98 Å². The number of sulfone groups is 1. The Kier molecular flexibility index (Phi) is 6.44. The van der Waals surface area contributed by atoms with E-state index in [0.717, 1.165) is 5.56 Å². The van der Waals surface area contributed by atoms with Gasteiger partial charge < -0.3 is 20.6 Å². The minimum absolute atomic E-state index is 0.0157. The van der Waals surface area contributed by atoms with Crippen LogP contribution in [0.15, 0.2) is 88.9 Å². The predicted molar refractivity (Wildman–Crippen MR) is 130 cm³/mol. The van der Waals surface area contributed by atoms with Gasteiger partial charge in [-0.2, -0.15) is 0 Å². The second-order valence-electron chi connectivity index (χ2n) is 7.89. The molecular formula is C26H22N2O6S. The maximum Gasteiger partial charge on any atom is 0.259 e. The van der Waals surface area contributed by atoms with Crippen LogP contribution in [0.3, 0.4) is 0 Å². The van der Waals surface area contributed by atoms with E-state index in [1.807, 2.05) is 30.3 Å². The standard InChI is InChI=1S/C26H22N2O6S/c1-16-13-19(35(33,34)22-9-5-6-12-27-22)10-11-21(16)28-26(32)20-15-18(23(29)25(31)24(20)30)14-17-7-3-2-4-8-17/h2-13,15,29-31H,14H2,1H3,(H,28,32). The third kappa shape index (κ3) is 4.80. The van der Waals surface area contributed by atoms with Gasteiger partial charge in [0.1, 0.15) is 0 Å². The molecular weight excluding hydrogens is 468 g/mol. The summed E-state index contributed by atoms with van der Waals surface area (Å²) in [5.74, 6) is -2.81. The number of rotatable bonds is 6. The SMILES string of the molecule is Cc1cc(S(=O)(=O)c2ccccn2)ccc1NC(=O)c1cc(Cc2ccccc2)c(O)c(O)c1O. The Morgan fingerprint density at radius 1 is 0.886 bits per heavy atom. The quantitative estimate of drug-likeness (QED) is 0.298. The Hall–Kier alpha value is -4.37. The number of phenolic OH excluding ortho intramolecular Hbond substituents is 3. The van der Waals surface area contributed by atoms with E-state index < -0.39 is 33.0 Å². The molecule has 0 bridgehead atoms. The first kappa shape index (κ1) is 23.8. The third-order valence-corrected chi connectivity index (χ3v) is 7.14. The Morgan fingerprint density at radius 2 is 1.60 bits per heavy atom. The molecule has 0 aliphatic rings. The molecule has 35 heavy (non-hydrogen) atoms. The van der Waals surface area contributed by atoms with Crippen LogP contribution >= 0.6 is 0 Å². The van der Waals surface area contributed by atoms with Crippen LogP contribution in [0.1, 0.15) is 27.0 Å². The lowest BCUT2D eigenvalue weighted by Gasteiger charge is -2.14. The molecule has 1 amide bonds. The zero-order valence-electron chi connectivity index (χ0n) is 18.6. The second kappa shape index (κ2) is 9.47. The fourth-order valence-electron chi connectivity index (χ4n) is 3.59. The lowest BCUT2D eigenvalue weighted by molar-refractivity contribution is 0.102. The molecule has 3 aromatic carbocycles. The number of pyridine rings is 1. The third-order valence-electron chi connectivity index (χ3n) is 5.48. The summed E-state index contributed by atoms with van der Waals surface area (Å²) in [7, 11) is -3.84. The van der Waals surface area contributed by atoms with E-state index >= 15 is 0 Å². The van der Waals surface area contributed by atoms with Crippen molar-refractivity contribution >= 4 is 21.4 Å². The number of aryl methyl sites for hydroxylation is 1. The summed E-state index contributed by atoms with van der Waals surface area (Å²) in [4.78, 5) is 16.9. The van der Waals surface area contributed by atoms with Gasteiger partial charge in [0.15, 0.2) is 16.5 Å². The molecule has 8 nitrogen and oxygen atoms in total. The van der Waals surface area contributed by atoms with Crippen LogP contribution in [0.5, 0.6) is 17.2 Å². The maximum atomic E-state index is 13.0. The number of carbonyl (C=O) groups is 1. The minimum atomic E-state index is -3.84. The van der Waals surface area contributed by atoms with Gasteiger partial charge in [-0.3, -0.25) is 4.79 Å². The van der Waals surface area contributed by atoms with Crippen molar-refractivity contribution in [2.45, 2.75) is 23.3 Å². The van der Waals surface area contributed by atoms with Crippen LogP contribution in [0.4, 0.5) is 5.69 Å². The minimum Gasteiger partial charge on any atom is -0.504 e. The fraction of sp³-hybridized carbons (Fsp3) is 0.0769. The van der Waals surface area contributed by atoms with E-state index in [1.165, 1.54) is 36.5 Å². The number of aromatic hydroxyl groups is 3. The van der Waals surface area contributed by atoms with Crippen LogP contribution in [0, 0.1) is 6.92 Å². The average Bonchev–Trinajstić information content (AvgIpc) is 2.86.